The third-order valence-corrected chi connectivity index (χ3v) is 4.22. The molecule has 0 aromatic heterocycles. The Balaban J connectivity index is 2.14. The molecule has 0 heterocycles. The number of halogens is 2. The zero-order valence-electron chi connectivity index (χ0n) is 16.4. The van der Waals surface area contributed by atoms with Gasteiger partial charge >= 0.3 is 0 Å². The van der Waals surface area contributed by atoms with Gasteiger partial charge in [0.15, 0.2) is 17.5 Å². The van der Waals surface area contributed by atoms with Crippen molar-refractivity contribution in [1.29, 1.82) is 0 Å². The monoisotopic (exact) mass is 409 g/mol. The third kappa shape index (κ3) is 5.66. The van der Waals surface area contributed by atoms with Gasteiger partial charge in [-0.25, -0.2) is 9.38 Å². The normalized spacial score (nSPS) is 11.1. The first-order chi connectivity index (χ1) is 13.5. The zero-order valence-corrected chi connectivity index (χ0v) is 17.2. The van der Waals surface area contributed by atoms with E-state index < -0.39 is 5.82 Å². The van der Waals surface area contributed by atoms with E-state index in [1.807, 2.05) is 19.1 Å². The van der Waals surface area contributed by atoms with Gasteiger partial charge in [0.1, 0.15) is 5.82 Å². The Morgan fingerprint density at radius 3 is 2.21 bits per heavy atom. The Hall–Kier alpha value is -2.67. The second kappa shape index (κ2) is 10.6. The molecule has 0 aliphatic heterocycles. The smallest absolute Gasteiger partial charge is 0.203 e. The number of benzene rings is 2. The SMILES string of the molecule is CCNC(=NCc1cc(OC)c(OC)c(OC)c1)NCc1ccc(F)c(Cl)c1. The predicted molar refractivity (Wildman–Crippen MR) is 109 cm³/mol. The number of rotatable bonds is 8. The fourth-order valence-corrected chi connectivity index (χ4v) is 2.78. The molecule has 0 radical (unpaired) electrons. The van der Waals surface area contributed by atoms with Crippen LogP contribution in [0.25, 0.3) is 0 Å². The molecule has 2 N–H and O–H groups in total. The minimum absolute atomic E-state index is 0.0960. The highest BCUT2D eigenvalue weighted by molar-refractivity contribution is 6.30. The summed E-state index contributed by atoms with van der Waals surface area (Å²) in [6, 6.07) is 8.32. The molecule has 0 saturated heterocycles. The Kier molecular flexibility index (Phi) is 8.19. The molecule has 8 heteroatoms. The van der Waals surface area contributed by atoms with Crippen molar-refractivity contribution in [2.24, 2.45) is 4.99 Å². The summed E-state index contributed by atoms with van der Waals surface area (Å²) in [6.45, 7) is 3.54. The van der Waals surface area contributed by atoms with Crippen molar-refractivity contribution in [3.63, 3.8) is 0 Å². The van der Waals surface area contributed by atoms with Crippen molar-refractivity contribution in [1.82, 2.24) is 10.6 Å². The molecule has 0 unspecified atom stereocenters. The van der Waals surface area contributed by atoms with E-state index in [0.717, 1.165) is 11.1 Å². The lowest BCUT2D eigenvalue weighted by Gasteiger charge is -2.14. The quantitative estimate of drug-likeness (QED) is 0.513. The van der Waals surface area contributed by atoms with Gasteiger partial charge in [0.05, 0.1) is 32.9 Å². The van der Waals surface area contributed by atoms with Crippen LogP contribution < -0.4 is 24.8 Å². The predicted octanol–water partition coefficient (Wildman–Crippen LogP) is 3.76. The van der Waals surface area contributed by atoms with Crippen LogP contribution in [0.4, 0.5) is 4.39 Å². The van der Waals surface area contributed by atoms with E-state index in [9.17, 15) is 4.39 Å². The van der Waals surface area contributed by atoms with E-state index in [4.69, 9.17) is 25.8 Å². The Labute approximate surface area is 169 Å². The zero-order chi connectivity index (χ0) is 20.5. The molecule has 2 rings (SSSR count). The van der Waals surface area contributed by atoms with Crippen LogP contribution in [0.15, 0.2) is 35.3 Å². The second-order valence-electron chi connectivity index (χ2n) is 5.83. The summed E-state index contributed by atoms with van der Waals surface area (Å²) in [6.07, 6.45) is 0. The Morgan fingerprint density at radius 1 is 1.00 bits per heavy atom. The summed E-state index contributed by atoms with van der Waals surface area (Å²) in [5, 5.41) is 6.47. The number of guanidine groups is 1. The van der Waals surface area contributed by atoms with E-state index in [0.29, 0.717) is 42.8 Å². The first-order valence-corrected chi connectivity index (χ1v) is 9.15. The van der Waals surface area contributed by atoms with Crippen LogP contribution in [0.3, 0.4) is 0 Å². The highest BCUT2D eigenvalue weighted by atomic mass is 35.5. The van der Waals surface area contributed by atoms with Crippen molar-refractivity contribution < 1.29 is 18.6 Å². The number of hydrogen-bond acceptors (Lipinski definition) is 4. The van der Waals surface area contributed by atoms with E-state index in [1.165, 1.54) is 6.07 Å². The maximum Gasteiger partial charge on any atom is 0.203 e. The van der Waals surface area contributed by atoms with Gasteiger partial charge in [0, 0.05) is 13.1 Å². The van der Waals surface area contributed by atoms with E-state index in [-0.39, 0.29) is 5.02 Å². The molecule has 0 atom stereocenters. The molecule has 2 aromatic rings. The topological polar surface area (TPSA) is 64.1 Å². The highest BCUT2D eigenvalue weighted by Crippen LogP contribution is 2.38. The van der Waals surface area contributed by atoms with Crippen molar-refractivity contribution in [3.05, 3.63) is 52.3 Å². The van der Waals surface area contributed by atoms with Crippen LogP contribution in [0.1, 0.15) is 18.1 Å². The minimum atomic E-state index is -0.437. The van der Waals surface area contributed by atoms with Gasteiger partial charge in [-0.3, -0.25) is 0 Å². The lowest BCUT2D eigenvalue weighted by atomic mass is 10.2. The summed E-state index contributed by atoms with van der Waals surface area (Å²) in [4.78, 5) is 4.58. The number of aliphatic imine (C=N–C) groups is 1. The lowest BCUT2D eigenvalue weighted by Crippen LogP contribution is -2.36. The number of nitrogens with one attached hydrogen (secondary N) is 2. The molecule has 6 nitrogen and oxygen atoms in total. The summed E-state index contributed by atoms with van der Waals surface area (Å²) < 4.78 is 29.4. The number of nitrogens with zero attached hydrogens (tertiary/aromatic N) is 1. The summed E-state index contributed by atoms with van der Waals surface area (Å²) in [5.41, 5.74) is 1.75. The standard InChI is InChI=1S/C20H25ClFN3O3/c1-5-23-20(24-11-13-6-7-16(22)15(21)8-13)25-12-14-9-17(26-2)19(28-4)18(10-14)27-3/h6-10H,5,11-12H2,1-4H3,(H2,23,24,25). The van der Waals surface area contributed by atoms with Crippen LogP contribution in [0, 0.1) is 5.82 Å². The molecule has 2 aromatic carbocycles. The lowest BCUT2D eigenvalue weighted by molar-refractivity contribution is 0.324. The van der Waals surface area contributed by atoms with Crippen LogP contribution in [-0.4, -0.2) is 33.8 Å². The van der Waals surface area contributed by atoms with Gasteiger partial charge in [-0.15, -0.1) is 0 Å². The molecule has 0 bridgehead atoms. The molecule has 152 valence electrons. The van der Waals surface area contributed by atoms with Crippen LogP contribution in [0.2, 0.25) is 5.02 Å². The highest BCUT2D eigenvalue weighted by Gasteiger charge is 2.13. The Morgan fingerprint density at radius 2 is 1.68 bits per heavy atom. The number of ether oxygens (including phenoxy) is 3. The second-order valence-corrected chi connectivity index (χ2v) is 6.24. The van der Waals surface area contributed by atoms with Gasteiger partial charge in [0.2, 0.25) is 5.75 Å². The Bertz CT molecular complexity index is 805. The summed E-state index contributed by atoms with van der Waals surface area (Å²) >= 11 is 5.83. The molecule has 0 saturated carbocycles. The van der Waals surface area contributed by atoms with E-state index in [1.54, 1.807) is 33.5 Å². The van der Waals surface area contributed by atoms with Crippen LogP contribution >= 0.6 is 11.6 Å². The largest absolute Gasteiger partial charge is 0.493 e. The van der Waals surface area contributed by atoms with Crippen LogP contribution in [0.5, 0.6) is 17.2 Å². The van der Waals surface area contributed by atoms with Crippen LogP contribution in [-0.2, 0) is 13.1 Å². The maximum atomic E-state index is 13.3. The van der Waals surface area contributed by atoms with E-state index >= 15 is 0 Å². The molecule has 0 fully saturated rings. The number of hydrogen-bond donors (Lipinski definition) is 2. The van der Waals surface area contributed by atoms with Gasteiger partial charge in [0.25, 0.3) is 0 Å². The van der Waals surface area contributed by atoms with E-state index in [2.05, 4.69) is 15.6 Å². The van der Waals surface area contributed by atoms with Crippen molar-refractivity contribution >= 4 is 17.6 Å². The average molecular weight is 410 g/mol. The third-order valence-electron chi connectivity index (χ3n) is 3.93. The molecular formula is C20H25ClFN3O3. The molecular weight excluding hydrogens is 385 g/mol. The first kappa shape index (κ1) is 21.6. The molecule has 0 aliphatic rings. The summed E-state index contributed by atoms with van der Waals surface area (Å²) in [7, 11) is 4.71. The van der Waals surface area contributed by atoms with Gasteiger partial charge in [-0.05, 0) is 42.3 Å². The van der Waals surface area contributed by atoms with Gasteiger partial charge in [-0.2, -0.15) is 0 Å². The first-order valence-electron chi connectivity index (χ1n) is 8.77. The minimum Gasteiger partial charge on any atom is -0.493 e. The van der Waals surface area contributed by atoms with Gasteiger partial charge < -0.3 is 24.8 Å². The molecule has 0 amide bonds. The van der Waals surface area contributed by atoms with Crippen molar-refractivity contribution in [3.8, 4) is 17.2 Å². The maximum absolute atomic E-state index is 13.3. The van der Waals surface area contributed by atoms with Crippen molar-refractivity contribution in [2.75, 3.05) is 27.9 Å². The summed E-state index contributed by atoms with van der Waals surface area (Å²) in [5.74, 6) is 1.87. The fraction of sp³-hybridized carbons (Fsp3) is 0.350. The van der Waals surface area contributed by atoms with Gasteiger partial charge in [-0.1, -0.05) is 17.7 Å². The fourth-order valence-electron chi connectivity index (χ4n) is 2.57. The average Bonchev–Trinajstić information content (AvgIpc) is 2.71. The molecule has 0 spiro atoms. The molecule has 28 heavy (non-hydrogen) atoms. The van der Waals surface area contributed by atoms with Crippen molar-refractivity contribution in [2.45, 2.75) is 20.0 Å². The molecule has 0 aliphatic carbocycles. The number of methoxy groups -OCH3 is 3.